The number of aldehydes is 1. The second kappa shape index (κ2) is 6.02. The van der Waals surface area contributed by atoms with Crippen molar-refractivity contribution in [2.75, 3.05) is 7.11 Å². The topological polar surface area (TPSA) is 52.6 Å². The SMILES string of the molecule is COc1c(C)cccc1C(=O)Oc1ccccc1C=O. The lowest BCUT2D eigenvalue weighted by Crippen LogP contribution is -2.11. The number of rotatable bonds is 4. The molecule has 0 saturated heterocycles. The maximum atomic E-state index is 12.2. The molecule has 0 N–H and O–H groups in total. The molecule has 0 aliphatic rings. The molecular formula is C16H14O4. The molecule has 4 nitrogen and oxygen atoms in total. The van der Waals surface area contributed by atoms with Crippen molar-refractivity contribution in [2.45, 2.75) is 6.92 Å². The largest absolute Gasteiger partial charge is 0.496 e. The Bertz CT molecular complexity index is 647. The van der Waals surface area contributed by atoms with Crippen molar-refractivity contribution >= 4 is 12.3 Å². The number of carbonyl (C=O) groups excluding carboxylic acids is 2. The molecule has 0 aliphatic heterocycles. The lowest BCUT2D eigenvalue weighted by molar-refractivity contribution is 0.0730. The van der Waals surface area contributed by atoms with Crippen LogP contribution in [0.2, 0.25) is 0 Å². The van der Waals surface area contributed by atoms with Gasteiger partial charge in [0.05, 0.1) is 12.7 Å². The van der Waals surface area contributed by atoms with Gasteiger partial charge in [0.15, 0.2) is 6.29 Å². The number of methoxy groups -OCH3 is 1. The highest BCUT2D eigenvalue weighted by molar-refractivity contribution is 5.95. The van der Waals surface area contributed by atoms with Gasteiger partial charge >= 0.3 is 5.97 Å². The summed E-state index contributed by atoms with van der Waals surface area (Å²) in [7, 11) is 1.50. The number of aryl methyl sites for hydroxylation is 1. The zero-order chi connectivity index (χ0) is 14.5. The van der Waals surface area contributed by atoms with Crippen molar-refractivity contribution in [3.05, 3.63) is 59.2 Å². The Morgan fingerprint density at radius 1 is 1.10 bits per heavy atom. The van der Waals surface area contributed by atoms with Gasteiger partial charge in [0.25, 0.3) is 0 Å². The minimum absolute atomic E-state index is 0.232. The Morgan fingerprint density at radius 3 is 2.55 bits per heavy atom. The molecule has 102 valence electrons. The van der Waals surface area contributed by atoms with Gasteiger partial charge in [-0.05, 0) is 30.7 Å². The van der Waals surface area contributed by atoms with Crippen LogP contribution in [0.1, 0.15) is 26.3 Å². The van der Waals surface area contributed by atoms with Gasteiger partial charge in [-0.3, -0.25) is 4.79 Å². The second-order valence-electron chi connectivity index (χ2n) is 4.20. The molecule has 0 bridgehead atoms. The third kappa shape index (κ3) is 2.69. The molecule has 2 aromatic carbocycles. The molecule has 0 amide bonds. The van der Waals surface area contributed by atoms with Crippen LogP contribution < -0.4 is 9.47 Å². The van der Waals surface area contributed by atoms with Crippen LogP contribution in [-0.4, -0.2) is 19.4 Å². The molecule has 0 heterocycles. The molecule has 0 saturated carbocycles. The van der Waals surface area contributed by atoms with Crippen LogP contribution in [0.5, 0.6) is 11.5 Å². The van der Waals surface area contributed by atoms with Crippen LogP contribution in [0, 0.1) is 6.92 Å². The molecule has 4 heteroatoms. The number of hydrogen-bond acceptors (Lipinski definition) is 4. The molecule has 0 aliphatic carbocycles. The maximum Gasteiger partial charge on any atom is 0.347 e. The number of carbonyl (C=O) groups is 2. The van der Waals surface area contributed by atoms with E-state index < -0.39 is 5.97 Å². The Hall–Kier alpha value is -2.62. The van der Waals surface area contributed by atoms with Crippen molar-refractivity contribution in [3.8, 4) is 11.5 Å². The highest BCUT2D eigenvalue weighted by Gasteiger charge is 2.17. The molecule has 0 aromatic heterocycles. The fraction of sp³-hybridized carbons (Fsp3) is 0.125. The van der Waals surface area contributed by atoms with Gasteiger partial charge < -0.3 is 9.47 Å². The third-order valence-electron chi connectivity index (χ3n) is 2.88. The lowest BCUT2D eigenvalue weighted by Gasteiger charge is -2.11. The van der Waals surface area contributed by atoms with Gasteiger partial charge in [-0.15, -0.1) is 0 Å². The Balaban J connectivity index is 2.33. The molecule has 0 radical (unpaired) electrons. The summed E-state index contributed by atoms with van der Waals surface area (Å²) in [5, 5.41) is 0. The van der Waals surface area contributed by atoms with Crippen LogP contribution in [0.4, 0.5) is 0 Å². The third-order valence-corrected chi connectivity index (χ3v) is 2.88. The summed E-state index contributed by atoms with van der Waals surface area (Å²) in [4.78, 5) is 23.1. The highest BCUT2D eigenvalue weighted by Crippen LogP contribution is 2.25. The van der Waals surface area contributed by atoms with Crippen LogP contribution in [-0.2, 0) is 0 Å². The summed E-state index contributed by atoms with van der Waals surface area (Å²) >= 11 is 0. The molecule has 0 unspecified atom stereocenters. The van der Waals surface area contributed by atoms with Crippen LogP contribution in [0.3, 0.4) is 0 Å². The van der Waals surface area contributed by atoms with Crippen LogP contribution in [0.15, 0.2) is 42.5 Å². The molecule has 2 rings (SSSR count). The average Bonchev–Trinajstić information content (AvgIpc) is 2.47. The zero-order valence-corrected chi connectivity index (χ0v) is 11.3. The molecule has 20 heavy (non-hydrogen) atoms. The van der Waals surface area contributed by atoms with E-state index in [9.17, 15) is 9.59 Å². The Morgan fingerprint density at radius 2 is 1.85 bits per heavy atom. The average molecular weight is 270 g/mol. The first-order chi connectivity index (χ1) is 9.67. The molecule has 0 atom stereocenters. The van der Waals surface area contributed by atoms with E-state index in [4.69, 9.17) is 9.47 Å². The van der Waals surface area contributed by atoms with Crippen molar-refractivity contribution in [1.82, 2.24) is 0 Å². The van der Waals surface area contributed by atoms with E-state index in [0.29, 0.717) is 23.2 Å². The van der Waals surface area contributed by atoms with Crippen LogP contribution in [0.25, 0.3) is 0 Å². The van der Waals surface area contributed by atoms with E-state index in [2.05, 4.69) is 0 Å². The van der Waals surface area contributed by atoms with Crippen molar-refractivity contribution in [1.29, 1.82) is 0 Å². The van der Waals surface area contributed by atoms with E-state index in [0.717, 1.165) is 5.56 Å². The van der Waals surface area contributed by atoms with Gasteiger partial charge in [0, 0.05) is 0 Å². The van der Waals surface area contributed by atoms with E-state index in [1.807, 2.05) is 13.0 Å². The minimum Gasteiger partial charge on any atom is -0.496 e. The fourth-order valence-corrected chi connectivity index (χ4v) is 1.91. The summed E-state index contributed by atoms with van der Waals surface area (Å²) in [6.07, 6.45) is 0.649. The van der Waals surface area contributed by atoms with Crippen molar-refractivity contribution in [2.24, 2.45) is 0 Å². The van der Waals surface area contributed by atoms with Gasteiger partial charge in [0.1, 0.15) is 17.1 Å². The van der Waals surface area contributed by atoms with Gasteiger partial charge in [0.2, 0.25) is 0 Å². The lowest BCUT2D eigenvalue weighted by atomic mass is 10.1. The smallest absolute Gasteiger partial charge is 0.347 e. The van der Waals surface area contributed by atoms with Crippen LogP contribution >= 0.6 is 0 Å². The number of hydrogen-bond donors (Lipinski definition) is 0. The van der Waals surface area contributed by atoms with Gasteiger partial charge in [-0.1, -0.05) is 24.3 Å². The number of benzene rings is 2. The minimum atomic E-state index is -0.556. The van der Waals surface area contributed by atoms with Crippen molar-refractivity contribution < 1.29 is 19.1 Å². The zero-order valence-electron chi connectivity index (χ0n) is 11.3. The summed E-state index contributed by atoms with van der Waals surface area (Å²) in [5.41, 5.74) is 1.49. The number of para-hydroxylation sites is 2. The number of ether oxygens (including phenoxy) is 2. The van der Waals surface area contributed by atoms with E-state index >= 15 is 0 Å². The predicted molar refractivity (Wildman–Crippen MR) is 74.5 cm³/mol. The Kier molecular flexibility index (Phi) is 4.15. The first kappa shape index (κ1) is 13.8. The van der Waals surface area contributed by atoms with E-state index in [-0.39, 0.29) is 5.75 Å². The second-order valence-corrected chi connectivity index (χ2v) is 4.20. The van der Waals surface area contributed by atoms with Crippen molar-refractivity contribution in [3.63, 3.8) is 0 Å². The molecule has 2 aromatic rings. The first-order valence-corrected chi connectivity index (χ1v) is 6.07. The summed E-state index contributed by atoms with van der Waals surface area (Å²) in [6.45, 7) is 1.84. The summed E-state index contributed by atoms with van der Waals surface area (Å²) < 4.78 is 10.5. The fourth-order valence-electron chi connectivity index (χ4n) is 1.91. The van der Waals surface area contributed by atoms with Gasteiger partial charge in [-0.2, -0.15) is 0 Å². The highest BCUT2D eigenvalue weighted by atomic mass is 16.5. The summed E-state index contributed by atoms with van der Waals surface area (Å²) in [5.74, 6) is 0.150. The Labute approximate surface area is 116 Å². The van der Waals surface area contributed by atoms with Gasteiger partial charge in [-0.25, -0.2) is 4.79 Å². The first-order valence-electron chi connectivity index (χ1n) is 6.07. The van der Waals surface area contributed by atoms with E-state index in [1.165, 1.54) is 7.11 Å². The summed E-state index contributed by atoms with van der Waals surface area (Å²) in [6, 6.07) is 11.8. The van der Waals surface area contributed by atoms with E-state index in [1.54, 1.807) is 36.4 Å². The normalized spacial score (nSPS) is 9.90. The predicted octanol–water partition coefficient (Wildman–Crippen LogP) is 3.04. The molecule has 0 spiro atoms. The molecule has 0 fully saturated rings. The monoisotopic (exact) mass is 270 g/mol. The standard InChI is InChI=1S/C16H14O4/c1-11-6-5-8-13(15(11)19-2)16(18)20-14-9-4-3-7-12(14)10-17/h3-10H,1-2H3. The molecular weight excluding hydrogens is 256 g/mol. The maximum absolute atomic E-state index is 12.2. The number of esters is 1. The quantitative estimate of drug-likeness (QED) is 0.487.